The predicted octanol–water partition coefficient (Wildman–Crippen LogP) is 4.33. The molecule has 0 unspecified atom stereocenters. The van der Waals surface area contributed by atoms with Crippen molar-refractivity contribution in [3.8, 4) is 0 Å². The van der Waals surface area contributed by atoms with E-state index >= 15 is 0 Å². The van der Waals surface area contributed by atoms with Crippen LogP contribution in [0.4, 0.5) is 0 Å². The number of rotatable bonds is 3. The Hall–Kier alpha value is -0.560. The Morgan fingerprint density at radius 1 is 1.53 bits per heavy atom. The van der Waals surface area contributed by atoms with Gasteiger partial charge >= 0.3 is 0 Å². The van der Waals surface area contributed by atoms with Crippen LogP contribution in [0.5, 0.6) is 0 Å². The van der Waals surface area contributed by atoms with Gasteiger partial charge in [0.05, 0.1) is 6.10 Å². The van der Waals surface area contributed by atoms with Crippen LogP contribution in [0.25, 0.3) is 0 Å². The SMILES string of the molecule is CC1=CC[C@H](/C(C)=C/C(C)(C)[C@@H](C)O)C1(C)C. The maximum atomic E-state index is 9.80. The zero-order valence-electron chi connectivity index (χ0n) is 12.5. The second-order valence-corrected chi connectivity index (χ2v) is 6.78. The van der Waals surface area contributed by atoms with Gasteiger partial charge in [0.15, 0.2) is 0 Å². The van der Waals surface area contributed by atoms with Gasteiger partial charge in [-0.1, -0.05) is 51.0 Å². The minimum absolute atomic E-state index is 0.142. The molecule has 1 nitrogen and oxygen atoms in total. The molecule has 1 aliphatic rings. The van der Waals surface area contributed by atoms with Gasteiger partial charge in [-0.2, -0.15) is 0 Å². The number of hydrogen-bond donors (Lipinski definition) is 1. The van der Waals surface area contributed by atoms with Crippen molar-refractivity contribution in [3.63, 3.8) is 0 Å². The first kappa shape index (κ1) is 14.5. The maximum absolute atomic E-state index is 9.80. The highest BCUT2D eigenvalue weighted by Gasteiger charge is 2.36. The van der Waals surface area contributed by atoms with Crippen LogP contribution in [-0.4, -0.2) is 11.2 Å². The van der Waals surface area contributed by atoms with Gasteiger partial charge in [0.1, 0.15) is 0 Å². The summed E-state index contributed by atoms with van der Waals surface area (Å²) in [7, 11) is 0. The molecule has 0 spiro atoms. The summed E-state index contributed by atoms with van der Waals surface area (Å²) in [6.45, 7) is 15.2. The molecule has 98 valence electrons. The van der Waals surface area contributed by atoms with Gasteiger partial charge in [0.25, 0.3) is 0 Å². The average Bonchev–Trinajstić information content (AvgIpc) is 2.40. The molecule has 0 amide bonds. The molecule has 0 aromatic rings. The fourth-order valence-electron chi connectivity index (χ4n) is 2.69. The molecule has 17 heavy (non-hydrogen) atoms. The molecular formula is C16H28O. The summed E-state index contributed by atoms with van der Waals surface area (Å²) < 4.78 is 0. The lowest BCUT2D eigenvalue weighted by atomic mass is 9.72. The molecule has 0 aromatic heterocycles. The third kappa shape index (κ3) is 2.82. The molecule has 0 heterocycles. The Morgan fingerprint density at radius 2 is 2.06 bits per heavy atom. The molecule has 0 saturated carbocycles. The summed E-state index contributed by atoms with van der Waals surface area (Å²) in [6.07, 6.45) is 5.45. The van der Waals surface area contributed by atoms with E-state index in [-0.39, 0.29) is 16.9 Å². The number of aliphatic hydroxyl groups excluding tert-OH is 1. The van der Waals surface area contributed by atoms with Crippen molar-refractivity contribution in [2.45, 2.75) is 61.0 Å². The molecule has 1 N–H and O–H groups in total. The van der Waals surface area contributed by atoms with Crippen LogP contribution in [-0.2, 0) is 0 Å². The quantitative estimate of drug-likeness (QED) is 0.723. The van der Waals surface area contributed by atoms with Crippen molar-refractivity contribution in [2.75, 3.05) is 0 Å². The van der Waals surface area contributed by atoms with Crippen molar-refractivity contribution in [2.24, 2.45) is 16.7 Å². The third-order valence-electron chi connectivity index (χ3n) is 4.77. The Labute approximate surface area is 107 Å². The van der Waals surface area contributed by atoms with Crippen LogP contribution in [0.1, 0.15) is 54.9 Å². The van der Waals surface area contributed by atoms with Crippen molar-refractivity contribution in [1.82, 2.24) is 0 Å². The highest BCUT2D eigenvalue weighted by Crippen LogP contribution is 2.47. The molecule has 1 heteroatoms. The molecule has 0 aliphatic heterocycles. The van der Waals surface area contributed by atoms with Crippen LogP contribution >= 0.6 is 0 Å². The summed E-state index contributed by atoms with van der Waals surface area (Å²) in [6, 6.07) is 0. The number of aliphatic hydroxyl groups is 1. The first-order valence-corrected chi connectivity index (χ1v) is 6.63. The van der Waals surface area contributed by atoms with E-state index in [1.165, 1.54) is 11.1 Å². The van der Waals surface area contributed by atoms with E-state index in [4.69, 9.17) is 0 Å². The topological polar surface area (TPSA) is 20.2 Å². The van der Waals surface area contributed by atoms with E-state index in [9.17, 15) is 5.11 Å². The minimum atomic E-state index is -0.309. The second-order valence-electron chi connectivity index (χ2n) is 6.78. The van der Waals surface area contributed by atoms with Crippen LogP contribution in [0.2, 0.25) is 0 Å². The molecule has 0 bridgehead atoms. The largest absolute Gasteiger partial charge is 0.393 e. The molecule has 0 radical (unpaired) electrons. The normalized spacial score (nSPS) is 26.9. The average molecular weight is 236 g/mol. The maximum Gasteiger partial charge on any atom is 0.0597 e. The zero-order valence-corrected chi connectivity index (χ0v) is 12.5. The third-order valence-corrected chi connectivity index (χ3v) is 4.77. The molecule has 1 aliphatic carbocycles. The Morgan fingerprint density at radius 3 is 2.41 bits per heavy atom. The number of hydrogen-bond acceptors (Lipinski definition) is 1. The lowest BCUT2D eigenvalue weighted by molar-refractivity contribution is 0.0982. The molecular weight excluding hydrogens is 208 g/mol. The van der Waals surface area contributed by atoms with E-state index in [0.29, 0.717) is 5.92 Å². The van der Waals surface area contributed by atoms with Crippen molar-refractivity contribution in [1.29, 1.82) is 0 Å². The van der Waals surface area contributed by atoms with Gasteiger partial charge in [-0.3, -0.25) is 0 Å². The van der Waals surface area contributed by atoms with E-state index in [1.54, 1.807) is 0 Å². The monoisotopic (exact) mass is 236 g/mol. The van der Waals surface area contributed by atoms with Gasteiger partial charge in [-0.25, -0.2) is 0 Å². The van der Waals surface area contributed by atoms with Crippen LogP contribution in [0.3, 0.4) is 0 Å². The fraction of sp³-hybridized carbons (Fsp3) is 0.750. The van der Waals surface area contributed by atoms with Crippen molar-refractivity contribution in [3.05, 3.63) is 23.3 Å². The van der Waals surface area contributed by atoms with Gasteiger partial charge in [-0.15, -0.1) is 0 Å². The Balaban J connectivity index is 2.93. The first-order valence-electron chi connectivity index (χ1n) is 6.63. The zero-order chi connectivity index (χ0) is 13.4. The summed E-state index contributed by atoms with van der Waals surface area (Å²) >= 11 is 0. The Kier molecular flexibility index (Phi) is 3.93. The summed E-state index contributed by atoms with van der Waals surface area (Å²) in [5, 5.41) is 9.80. The Bertz CT molecular complexity index is 343. The molecule has 0 saturated heterocycles. The van der Waals surface area contributed by atoms with E-state index in [1.807, 2.05) is 6.92 Å². The molecule has 2 atom stereocenters. The minimum Gasteiger partial charge on any atom is -0.393 e. The lowest BCUT2D eigenvalue weighted by Crippen LogP contribution is -2.27. The van der Waals surface area contributed by atoms with Crippen LogP contribution in [0.15, 0.2) is 23.3 Å². The summed E-state index contributed by atoms with van der Waals surface area (Å²) in [5.74, 6) is 0.584. The van der Waals surface area contributed by atoms with Crippen molar-refractivity contribution >= 4 is 0 Å². The predicted molar refractivity (Wildman–Crippen MR) is 74.9 cm³/mol. The standard InChI is InChI=1S/C16H28O/c1-11(10-15(4,5)13(3)17)14-9-8-12(2)16(14,6)7/h8,10,13-14,17H,9H2,1-7H3/b11-10+/t13-,14-/m1/s1. The highest BCUT2D eigenvalue weighted by molar-refractivity contribution is 5.26. The smallest absolute Gasteiger partial charge is 0.0597 e. The van der Waals surface area contributed by atoms with E-state index in [2.05, 4.69) is 53.7 Å². The highest BCUT2D eigenvalue weighted by atomic mass is 16.3. The van der Waals surface area contributed by atoms with Gasteiger partial charge < -0.3 is 5.11 Å². The van der Waals surface area contributed by atoms with Gasteiger partial charge in [0, 0.05) is 5.41 Å². The van der Waals surface area contributed by atoms with E-state index < -0.39 is 0 Å². The van der Waals surface area contributed by atoms with Gasteiger partial charge in [-0.05, 0) is 38.5 Å². The van der Waals surface area contributed by atoms with E-state index in [0.717, 1.165) is 6.42 Å². The van der Waals surface area contributed by atoms with Gasteiger partial charge in [0.2, 0.25) is 0 Å². The van der Waals surface area contributed by atoms with Crippen LogP contribution in [0, 0.1) is 16.7 Å². The summed E-state index contributed by atoms with van der Waals surface area (Å²) in [4.78, 5) is 0. The molecule has 0 fully saturated rings. The summed E-state index contributed by atoms with van der Waals surface area (Å²) in [5.41, 5.74) is 3.02. The fourth-order valence-corrected chi connectivity index (χ4v) is 2.69. The van der Waals surface area contributed by atoms with Crippen LogP contribution < -0.4 is 0 Å². The molecule has 1 rings (SSSR count). The number of allylic oxidation sites excluding steroid dienone is 3. The molecule has 0 aromatic carbocycles. The lowest BCUT2D eigenvalue weighted by Gasteiger charge is -2.33. The van der Waals surface area contributed by atoms with Crippen molar-refractivity contribution < 1.29 is 5.11 Å². The second kappa shape index (κ2) is 4.61. The first-order chi connectivity index (χ1) is 7.59.